The van der Waals surface area contributed by atoms with Crippen molar-refractivity contribution in [2.45, 2.75) is 38.3 Å². The van der Waals surface area contributed by atoms with Gasteiger partial charge in [-0.25, -0.2) is 0 Å². The number of methoxy groups -OCH3 is 3. The molecule has 0 spiro atoms. The number of hydrogen-bond donors (Lipinski definition) is 1. The van der Waals surface area contributed by atoms with Crippen molar-refractivity contribution in [1.29, 1.82) is 0 Å². The van der Waals surface area contributed by atoms with E-state index in [0.717, 1.165) is 11.1 Å². The second kappa shape index (κ2) is 10.2. The van der Waals surface area contributed by atoms with Crippen molar-refractivity contribution in [3.63, 3.8) is 0 Å². The molecule has 0 saturated carbocycles. The minimum Gasteiger partial charge on any atom is -0.493 e. The third-order valence-corrected chi connectivity index (χ3v) is 5.35. The minimum atomic E-state index is -0.775. The van der Waals surface area contributed by atoms with Crippen LogP contribution in [-0.4, -0.2) is 50.3 Å². The molecule has 6 heteroatoms. The first kappa shape index (κ1) is 22.6. The van der Waals surface area contributed by atoms with Gasteiger partial charge >= 0.3 is 0 Å². The molecule has 29 heavy (non-hydrogen) atoms. The summed E-state index contributed by atoms with van der Waals surface area (Å²) < 4.78 is 16.2. The number of likely N-dealkylation sites (N-methyl/N-ethyl adjacent to an activating group) is 1. The van der Waals surface area contributed by atoms with Crippen LogP contribution in [0.25, 0.3) is 0 Å². The van der Waals surface area contributed by atoms with E-state index in [1.807, 2.05) is 44.2 Å². The Balaban J connectivity index is 2.32. The number of hydrogen-bond acceptors (Lipinski definition) is 5. The van der Waals surface area contributed by atoms with Gasteiger partial charge in [0, 0.05) is 7.05 Å². The number of benzene rings is 2. The van der Waals surface area contributed by atoms with Crippen LogP contribution in [0.4, 0.5) is 0 Å². The van der Waals surface area contributed by atoms with Gasteiger partial charge in [-0.15, -0.1) is 0 Å². The van der Waals surface area contributed by atoms with Gasteiger partial charge in [0.2, 0.25) is 11.7 Å². The van der Waals surface area contributed by atoms with E-state index in [0.29, 0.717) is 23.7 Å². The number of rotatable bonds is 9. The standard InChI is InChI=1S/C23H31NO5/c1-7-18(17-13-19(27-4)22(29-6)20(14-17)28-5)23(26)24(3)15(2)21(25)16-11-9-8-10-12-16/h8-15,18,21,25H,7H2,1-6H3/t15?,18?,21-/m1/s1. The van der Waals surface area contributed by atoms with Gasteiger partial charge in [0.05, 0.1) is 39.4 Å². The molecular formula is C23H31NO5. The Labute approximate surface area is 173 Å². The average molecular weight is 402 g/mol. The van der Waals surface area contributed by atoms with E-state index in [9.17, 15) is 9.90 Å². The van der Waals surface area contributed by atoms with Gasteiger partial charge in [-0.3, -0.25) is 4.79 Å². The fraction of sp³-hybridized carbons (Fsp3) is 0.435. The van der Waals surface area contributed by atoms with Gasteiger partial charge in [-0.2, -0.15) is 0 Å². The quantitative estimate of drug-likeness (QED) is 0.692. The van der Waals surface area contributed by atoms with Gasteiger partial charge in [0.1, 0.15) is 0 Å². The summed E-state index contributed by atoms with van der Waals surface area (Å²) in [6, 6.07) is 12.6. The van der Waals surface area contributed by atoms with E-state index in [1.54, 1.807) is 45.4 Å². The van der Waals surface area contributed by atoms with Crippen LogP contribution in [0.3, 0.4) is 0 Å². The summed E-state index contributed by atoms with van der Waals surface area (Å²) in [5.74, 6) is 1.02. The summed E-state index contributed by atoms with van der Waals surface area (Å²) >= 11 is 0. The van der Waals surface area contributed by atoms with Crippen molar-refractivity contribution in [3.8, 4) is 17.2 Å². The lowest BCUT2D eigenvalue weighted by atomic mass is 9.93. The van der Waals surface area contributed by atoms with Crippen LogP contribution < -0.4 is 14.2 Å². The molecule has 0 aliphatic carbocycles. The molecule has 0 radical (unpaired) electrons. The van der Waals surface area contributed by atoms with Crippen LogP contribution in [-0.2, 0) is 4.79 Å². The normalized spacial score (nSPS) is 13.9. The fourth-order valence-electron chi connectivity index (χ4n) is 3.44. The van der Waals surface area contributed by atoms with E-state index in [1.165, 1.54) is 0 Å². The molecule has 2 unspecified atom stereocenters. The number of carbonyl (C=O) groups is 1. The lowest BCUT2D eigenvalue weighted by molar-refractivity contribution is -0.135. The van der Waals surface area contributed by atoms with Crippen LogP contribution in [0.1, 0.15) is 43.4 Å². The third-order valence-electron chi connectivity index (χ3n) is 5.35. The van der Waals surface area contributed by atoms with Crippen molar-refractivity contribution in [3.05, 3.63) is 53.6 Å². The predicted molar refractivity (Wildman–Crippen MR) is 113 cm³/mol. The highest BCUT2D eigenvalue weighted by atomic mass is 16.5. The highest BCUT2D eigenvalue weighted by molar-refractivity contribution is 5.84. The Morgan fingerprint density at radius 2 is 1.55 bits per heavy atom. The fourth-order valence-corrected chi connectivity index (χ4v) is 3.44. The third kappa shape index (κ3) is 4.82. The molecule has 0 aromatic heterocycles. The average Bonchev–Trinajstić information content (AvgIpc) is 2.77. The Morgan fingerprint density at radius 1 is 1.00 bits per heavy atom. The minimum absolute atomic E-state index is 0.0794. The number of nitrogens with zero attached hydrogens (tertiary/aromatic N) is 1. The summed E-state index contributed by atoms with van der Waals surface area (Å²) in [5, 5.41) is 10.7. The molecule has 0 bridgehead atoms. The number of aliphatic hydroxyl groups is 1. The first-order valence-electron chi connectivity index (χ1n) is 9.69. The molecule has 0 heterocycles. The summed E-state index contributed by atoms with van der Waals surface area (Å²) in [5.41, 5.74) is 1.56. The second-order valence-corrected chi connectivity index (χ2v) is 6.96. The van der Waals surface area contributed by atoms with Crippen LogP contribution in [0.5, 0.6) is 17.2 Å². The van der Waals surface area contributed by atoms with Crippen molar-refractivity contribution in [1.82, 2.24) is 4.90 Å². The maximum absolute atomic E-state index is 13.3. The molecule has 6 nitrogen and oxygen atoms in total. The molecule has 0 aliphatic rings. The molecule has 2 rings (SSSR count). The van der Waals surface area contributed by atoms with Gasteiger partial charge in [-0.1, -0.05) is 37.3 Å². The lowest BCUT2D eigenvalue weighted by Gasteiger charge is -2.32. The number of ether oxygens (including phenoxy) is 3. The van der Waals surface area contributed by atoms with E-state index in [2.05, 4.69) is 0 Å². The van der Waals surface area contributed by atoms with Crippen molar-refractivity contribution in [2.24, 2.45) is 0 Å². The molecule has 3 atom stereocenters. The Kier molecular flexibility index (Phi) is 7.91. The summed E-state index contributed by atoms with van der Waals surface area (Å²) in [7, 11) is 6.37. The molecule has 1 N–H and O–H groups in total. The van der Waals surface area contributed by atoms with Crippen LogP contribution in [0.2, 0.25) is 0 Å². The SMILES string of the molecule is CCC(C(=O)N(C)C(C)[C@@H](O)c1ccccc1)c1cc(OC)c(OC)c(OC)c1. The molecule has 2 aromatic carbocycles. The highest BCUT2D eigenvalue weighted by Crippen LogP contribution is 2.41. The molecule has 1 amide bonds. The maximum Gasteiger partial charge on any atom is 0.230 e. The van der Waals surface area contributed by atoms with Gasteiger partial charge in [0.25, 0.3) is 0 Å². The monoisotopic (exact) mass is 401 g/mol. The lowest BCUT2D eigenvalue weighted by Crippen LogP contribution is -2.41. The summed E-state index contributed by atoms with van der Waals surface area (Å²) in [6.45, 7) is 3.80. The van der Waals surface area contributed by atoms with Crippen LogP contribution in [0, 0.1) is 0 Å². The number of aliphatic hydroxyl groups excluding tert-OH is 1. The summed E-state index contributed by atoms with van der Waals surface area (Å²) in [4.78, 5) is 14.9. The van der Waals surface area contributed by atoms with Gasteiger partial charge in [0.15, 0.2) is 11.5 Å². The highest BCUT2D eigenvalue weighted by Gasteiger charge is 2.30. The Hall–Kier alpha value is -2.73. The first-order valence-corrected chi connectivity index (χ1v) is 9.69. The maximum atomic E-state index is 13.3. The molecule has 0 saturated heterocycles. The van der Waals surface area contributed by atoms with E-state index >= 15 is 0 Å². The molecule has 0 fully saturated rings. The Morgan fingerprint density at radius 3 is 2.00 bits per heavy atom. The van der Waals surface area contributed by atoms with E-state index < -0.39 is 12.0 Å². The zero-order chi connectivity index (χ0) is 21.6. The summed E-state index contributed by atoms with van der Waals surface area (Å²) in [6.07, 6.45) is -0.182. The predicted octanol–water partition coefficient (Wildman–Crippen LogP) is 3.79. The molecule has 0 aliphatic heterocycles. The molecular weight excluding hydrogens is 370 g/mol. The zero-order valence-corrected chi connectivity index (χ0v) is 18.0. The number of amides is 1. The largest absolute Gasteiger partial charge is 0.493 e. The van der Waals surface area contributed by atoms with E-state index in [-0.39, 0.29) is 11.9 Å². The Bertz CT molecular complexity index is 783. The van der Waals surface area contributed by atoms with Crippen molar-refractivity contribution in [2.75, 3.05) is 28.4 Å². The number of carbonyl (C=O) groups excluding carboxylic acids is 1. The van der Waals surface area contributed by atoms with Crippen molar-refractivity contribution < 1.29 is 24.1 Å². The van der Waals surface area contributed by atoms with Crippen LogP contribution in [0.15, 0.2) is 42.5 Å². The van der Waals surface area contributed by atoms with Gasteiger partial charge in [-0.05, 0) is 36.6 Å². The first-order chi connectivity index (χ1) is 13.9. The zero-order valence-electron chi connectivity index (χ0n) is 18.0. The van der Waals surface area contributed by atoms with Crippen molar-refractivity contribution >= 4 is 5.91 Å². The molecule has 2 aromatic rings. The second-order valence-electron chi connectivity index (χ2n) is 6.96. The van der Waals surface area contributed by atoms with Crippen LogP contribution >= 0.6 is 0 Å². The topological polar surface area (TPSA) is 68.2 Å². The van der Waals surface area contributed by atoms with Gasteiger partial charge < -0.3 is 24.2 Å². The van der Waals surface area contributed by atoms with E-state index in [4.69, 9.17) is 14.2 Å². The smallest absolute Gasteiger partial charge is 0.230 e. The molecule has 158 valence electrons.